The van der Waals surface area contributed by atoms with Crippen LogP contribution in [0.2, 0.25) is 0 Å². The lowest BCUT2D eigenvalue weighted by molar-refractivity contribution is 0.236. The maximum Gasteiger partial charge on any atom is 0.135 e. The van der Waals surface area contributed by atoms with Gasteiger partial charge in [-0.2, -0.15) is 0 Å². The van der Waals surface area contributed by atoms with Gasteiger partial charge in [0.15, 0.2) is 0 Å². The van der Waals surface area contributed by atoms with Crippen LogP contribution in [-0.2, 0) is 0 Å². The molecule has 0 bridgehead atoms. The number of anilines is 3. The molecule has 0 N–H and O–H groups in total. The van der Waals surface area contributed by atoms with E-state index in [9.17, 15) is 0 Å². The Kier molecular flexibility index (Phi) is 7.96. The third-order valence-corrected chi connectivity index (χ3v) is 11.4. The molecule has 2 aliphatic rings. The molecule has 8 aromatic carbocycles. The number of hydrogen-bond donors (Lipinski definition) is 0. The van der Waals surface area contributed by atoms with E-state index in [-0.39, 0.29) is 12.0 Å². The van der Waals surface area contributed by atoms with Gasteiger partial charge in [-0.05, 0) is 117 Å². The molecule has 1 aromatic heterocycles. The molecule has 270 valence electrons. The molecule has 0 amide bonds. The van der Waals surface area contributed by atoms with Crippen LogP contribution in [0.3, 0.4) is 0 Å². The molecule has 0 saturated carbocycles. The summed E-state index contributed by atoms with van der Waals surface area (Å²) < 4.78 is 12.8. The fourth-order valence-electron chi connectivity index (χ4n) is 8.60. The van der Waals surface area contributed by atoms with Crippen LogP contribution in [0.5, 0.6) is 5.75 Å². The van der Waals surface area contributed by atoms with E-state index in [0.717, 1.165) is 55.9 Å². The summed E-state index contributed by atoms with van der Waals surface area (Å²) in [4.78, 5) is 2.34. The van der Waals surface area contributed by atoms with Gasteiger partial charge in [-0.3, -0.25) is 0 Å². The molecule has 2 atom stereocenters. The summed E-state index contributed by atoms with van der Waals surface area (Å²) in [6, 6.07) is 67.2. The number of hydrogen-bond acceptors (Lipinski definition) is 3. The molecule has 2 heterocycles. The fourth-order valence-corrected chi connectivity index (χ4v) is 8.60. The molecule has 3 nitrogen and oxygen atoms in total. The van der Waals surface area contributed by atoms with E-state index < -0.39 is 0 Å². The summed E-state index contributed by atoms with van der Waals surface area (Å²) in [5.41, 5.74) is 15.7. The van der Waals surface area contributed by atoms with Crippen molar-refractivity contribution in [2.45, 2.75) is 12.0 Å². The highest BCUT2D eigenvalue weighted by atomic mass is 16.5. The first-order valence-electron chi connectivity index (χ1n) is 19.6. The Morgan fingerprint density at radius 2 is 0.982 bits per heavy atom. The van der Waals surface area contributed by atoms with Gasteiger partial charge in [-0.1, -0.05) is 140 Å². The van der Waals surface area contributed by atoms with Crippen molar-refractivity contribution in [2.24, 2.45) is 0 Å². The molecule has 0 radical (unpaired) electrons. The molecule has 0 saturated heterocycles. The van der Waals surface area contributed by atoms with Crippen molar-refractivity contribution in [3.63, 3.8) is 0 Å². The van der Waals surface area contributed by atoms with Crippen molar-refractivity contribution >= 4 is 39.0 Å². The molecule has 1 aliphatic heterocycles. The third-order valence-electron chi connectivity index (χ3n) is 11.4. The average molecular weight is 732 g/mol. The summed E-state index contributed by atoms with van der Waals surface area (Å²) in [7, 11) is 0. The molecule has 57 heavy (non-hydrogen) atoms. The van der Waals surface area contributed by atoms with E-state index in [1.54, 1.807) is 0 Å². The minimum absolute atomic E-state index is 0.0486. The summed E-state index contributed by atoms with van der Waals surface area (Å²) in [6.07, 6.45) is 8.62. The van der Waals surface area contributed by atoms with Gasteiger partial charge in [-0.15, -0.1) is 0 Å². The number of furan rings is 1. The second-order valence-electron chi connectivity index (χ2n) is 14.8. The molecule has 2 unspecified atom stereocenters. The highest BCUT2D eigenvalue weighted by Crippen LogP contribution is 2.45. The van der Waals surface area contributed by atoms with Gasteiger partial charge in [0.1, 0.15) is 23.0 Å². The van der Waals surface area contributed by atoms with Gasteiger partial charge in [0.2, 0.25) is 0 Å². The maximum atomic E-state index is 6.57. The smallest absolute Gasteiger partial charge is 0.135 e. The summed E-state index contributed by atoms with van der Waals surface area (Å²) in [6.45, 7) is 0. The Balaban J connectivity index is 0.985. The minimum atomic E-state index is -0.0486. The van der Waals surface area contributed by atoms with E-state index >= 15 is 0 Å². The Bertz CT molecular complexity index is 2990. The first-order valence-corrected chi connectivity index (χ1v) is 19.6. The van der Waals surface area contributed by atoms with E-state index in [2.05, 4.69) is 205 Å². The Hall–Kier alpha value is -7.36. The van der Waals surface area contributed by atoms with Gasteiger partial charge in [0, 0.05) is 39.3 Å². The zero-order valence-electron chi connectivity index (χ0n) is 31.1. The van der Waals surface area contributed by atoms with Crippen LogP contribution in [0, 0.1) is 0 Å². The Labute approximate surface area is 332 Å². The number of ether oxygens (including phenoxy) is 1. The molecular weight excluding hydrogens is 695 g/mol. The highest BCUT2D eigenvalue weighted by molar-refractivity contribution is 6.06. The van der Waals surface area contributed by atoms with E-state index in [0.29, 0.717) is 0 Å². The van der Waals surface area contributed by atoms with Crippen molar-refractivity contribution in [3.8, 4) is 50.3 Å². The minimum Gasteiger partial charge on any atom is -0.485 e. The number of benzene rings is 8. The maximum absolute atomic E-state index is 6.57. The average Bonchev–Trinajstić information content (AvgIpc) is 3.59. The van der Waals surface area contributed by atoms with Crippen LogP contribution in [0.1, 0.15) is 11.5 Å². The predicted octanol–water partition coefficient (Wildman–Crippen LogP) is 14.7. The topological polar surface area (TPSA) is 25.6 Å². The van der Waals surface area contributed by atoms with Crippen LogP contribution in [0.25, 0.3) is 66.4 Å². The molecule has 3 heteroatoms. The molecule has 0 fully saturated rings. The van der Waals surface area contributed by atoms with E-state index in [1.807, 2.05) is 12.1 Å². The largest absolute Gasteiger partial charge is 0.485 e. The summed E-state index contributed by atoms with van der Waals surface area (Å²) >= 11 is 0. The Morgan fingerprint density at radius 3 is 1.77 bits per heavy atom. The van der Waals surface area contributed by atoms with Crippen molar-refractivity contribution in [1.82, 2.24) is 0 Å². The van der Waals surface area contributed by atoms with Crippen molar-refractivity contribution in [2.75, 3.05) is 4.90 Å². The Morgan fingerprint density at radius 1 is 0.386 bits per heavy atom. The van der Waals surface area contributed by atoms with Crippen LogP contribution >= 0.6 is 0 Å². The first-order chi connectivity index (χ1) is 28.2. The third kappa shape index (κ3) is 5.92. The second kappa shape index (κ2) is 13.7. The number of para-hydroxylation sites is 2. The van der Waals surface area contributed by atoms with Gasteiger partial charge in [-0.25, -0.2) is 0 Å². The van der Waals surface area contributed by atoms with Crippen LogP contribution in [0.15, 0.2) is 217 Å². The molecule has 11 rings (SSSR count). The van der Waals surface area contributed by atoms with Crippen LogP contribution < -0.4 is 9.64 Å². The lowest BCUT2D eigenvalue weighted by Gasteiger charge is -2.26. The van der Waals surface area contributed by atoms with Gasteiger partial charge in [0.25, 0.3) is 0 Å². The fraction of sp³-hybridized carbons (Fsp3) is 0.0370. The number of rotatable bonds is 6. The van der Waals surface area contributed by atoms with Crippen molar-refractivity contribution in [3.05, 3.63) is 218 Å². The summed E-state index contributed by atoms with van der Waals surface area (Å²) in [5, 5.41) is 2.21. The quantitative estimate of drug-likeness (QED) is 0.170. The number of nitrogens with zero attached hydrogens (tertiary/aromatic N) is 1. The number of allylic oxidation sites excluding steroid dienone is 2. The predicted molar refractivity (Wildman–Crippen MR) is 236 cm³/mol. The van der Waals surface area contributed by atoms with Crippen LogP contribution in [0.4, 0.5) is 17.1 Å². The lowest BCUT2D eigenvalue weighted by Crippen LogP contribution is -2.22. The molecule has 1 aliphatic carbocycles. The van der Waals surface area contributed by atoms with E-state index in [4.69, 9.17) is 9.15 Å². The van der Waals surface area contributed by atoms with Crippen LogP contribution in [-0.4, -0.2) is 6.10 Å². The van der Waals surface area contributed by atoms with Gasteiger partial charge >= 0.3 is 0 Å². The first kappa shape index (κ1) is 33.0. The number of fused-ring (bicyclic) bond motifs is 8. The normalized spacial score (nSPS) is 15.4. The SMILES string of the molecule is C1=CC2Oc3ccccc3-c3ccc(-c4ccc(N(c5ccc(-c6cccc(-c7ccccc7)c6)cc5)c5ccc6oc7ccccc7c6c5)cc4)cc3C2C=C1. The second-order valence-corrected chi connectivity index (χ2v) is 14.8. The standard InChI is InChI=1S/C54H37NO2/c1-2-11-36(12-3-1)39-13-10-14-40(33-39)37-21-26-42(27-22-37)55(44-30-32-54-50(35-44)48-17-6-9-20-53(48)57-54)43-28-23-38(24-29-43)41-25-31-45-46-15-4-7-18-51(46)56-52-19-8-5-16-47(52)49(45)34-41/h1-35,47,52H. The van der Waals surface area contributed by atoms with Gasteiger partial charge < -0.3 is 14.1 Å². The molecule has 0 spiro atoms. The van der Waals surface area contributed by atoms with Crippen molar-refractivity contribution in [1.29, 1.82) is 0 Å². The molecule has 9 aromatic rings. The zero-order chi connectivity index (χ0) is 37.7. The van der Waals surface area contributed by atoms with Gasteiger partial charge in [0.05, 0.1) is 0 Å². The zero-order valence-corrected chi connectivity index (χ0v) is 31.1. The highest BCUT2D eigenvalue weighted by Gasteiger charge is 2.30. The monoisotopic (exact) mass is 731 g/mol. The van der Waals surface area contributed by atoms with Crippen molar-refractivity contribution < 1.29 is 9.15 Å². The summed E-state index contributed by atoms with van der Waals surface area (Å²) in [5.74, 6) is 1.06. The van der Waals surface area contributed by atoms with E-state index in [1.165, 1.54) is 38.9 Å². The lowest BCUT2D eigenvalue weighted by atomic mass is 9.84. The molecular formula is C54H37NO2.